The predicted molar refractivity (Wildman–Crippen MR) is 88.4 cm³/mol. The summed E-state index contributed by atoms with van der Waals surface area (Å²) in [6.45, 7) is 3.09. The lowest BCUT2D eigenvalue weighted by atomic mass is 10.2. The molecule has 5 nitrogen and oxygen atoms in total. The first-order valence-electron chi connectivity index (χ1n) is 6.06. The van der Waals surface area contributed by atoms with E-state index in [2.05, 4.69) is 40.9 Å². The molecular weight excluding hydrogens is 278 g/mol. The van der Waals surface area contributed by atoms with E-state index in [0.29, 0.717) is 6.54 Å². The average Bonchev–Trinajstić information content (AvgIpc) is 2.39. The molecule has 1 aromatic carbocycles. The van der Waals surface area contributed by atoms with Gasteiger partial charge < -0.3 is 22.1 Å². The minimum atomic E-state index is 0.0976. The highest BCUT2D eigenvalue weighted by atomic mass is 32.1. The van der Waals surface area contributed by atoms with E-state index in [0.717, 1.165) is 41.5 Å². The predicted octanol–water partition coefficient (Wildman–Crippen LogP) is 0.680. The van der Waals surface area contributed by atoms with E-state index >= 15 is 0 Å². The number of nitrogens with zero attached hydrogens (tertiary/aromatic N) is 1. The highest BCUT2D eigenvalue weighted by Crippen LogP contribution is 2.21. The fourth-order valence-corrected chi connectivity index (χ4v) is 1.87. The van der Waals surface area contributed by atoms with Crippen LogP contribution in [0.5, 0.6) is 0 Å². The van der Waals surface area contributed by atoms with Crippen molar-refractivity contribution in [3.8, 4) is 0 Å². The van der Waals surface area contributed by atoms with Crippen LogP contribution in [0, 0.1) is 0 Å². The van der Waals surface area contributed by atoms with Gasteiger partial charge in [-0.2, -0.15) is 12.6 Å². The Balaban J connectivity index is 2.52. The first-order valence-corrected chi connectivity index (χ1v) is 7.14. The molecule has 0 aromatic heterocycles. The monoisotopic (exact) mass is 299 g/mol. The third-order valence-electron chi connectivity index (χ3n) is 2.41. The number of hydrogen-bond acceptors (Lipinski definition) is 5. The lowest BCUT2D eigenvalue weighted by molar-refractivity contribution is 0.744. The van der Waals surface area contributed by atoms with Crippen LogP contribution < -0.4 is 22.1 Å². The summed E-state index contributed by atoms with van der Waals surface area (Å²) in [6.07, 6.45) is 0. The second-order valence-electron chi connectivity index (χ2n) is 3.99. The molecular formula is C12H21N5S2. The molecule has 0 aliphatic rings. The van der Waals surface area contributed by atoms with E-state index in [9.17, 15) is 0 Å². The Labute approximate surface area is 125 Å². The Kier molecular flexibility index (Phi) is 7.54. The molecule has 0 aliphatic heterocycles. The minimum absolute atomic E-state index is 0.0976. The molecule has 6 N–H and O–H groups in total. The normalized spacial score (nSPS) is 10.2. The standard InChI is InChI=1S/C12H21N5S2/c13-12(14)17-8-9-1-2-11(19)10(7-9)16-4-3-15-5-6-18/h1-2,7,15-16,18-19H,3-6,8H2,(H4,13,14,17). The van der Waals surface area contributed by atoms with Crippen LogP contribution in [0.4, 0.5) is 5.69 Å². The quantitative estimate of drug-likeness (QED) is 0.184. The lowest BCUT2D eigenvalue weighted by Gasteiger charge is -2.11. The molecule has 1 aromatic rings. The molecule has 0 radical (unpaired) electrons. The summed E-state index contributed by atoms with van der Waals surface area (Å²) >= 11 is 8.55. The van der Waals surface area contributed by atoms with Gasteiger partial charge in [0.05, 0.1) is 6.54 Å². The third kappa shape index (κ3) is 6.60. The van der Waals surface area contributed by atoms with E-state index in [1.54, 1.807) is 0 Å². The summed E-state index contributed by atoms with van der Waals surface area (Å²) < 4.78 is 0. The van der Waals surface area contributed by atoms with Gasteiger partial charge in [-0.3, -0.25) is 0 Å². The maximum atomic E-state index is 5.32. The van der Waals surface area contributed by atoms with Crippen LogP contribution in [0.25, 0.3) is 0 Å². The number of benzene rings is 1. The maximum Gasteiger partial charge on any atom is 0.186 e. The van der Waals surface area contributed by atoms with Crippen molar-refractivity contribution in [3.05, 3.63) is 23.8 Å². The Morgan fingerprint density at radius 1 is 1.21 bits per heavy atom. The smallest absolute Gasteiger partial charge is 0.186 e. The second-order valence-corrected chi connectivity index (χ2v) is 4.92. The van der Waals surface area contributed by atoms with Crippen molar-refractivity contribution in [3.63, 3.8) is 0 Å². The summed E-state index contributed by atoms with van der Waals surface area (Å²) in [5.41, 5.74) is 12.7. The summed E-state index contributed by atoms with van der Waals surface area (Å²) in [6, 6.07) is 5.90. The number of anilines is 1. The molecule has 0 spiro atoms. The van der Waals surface area contributed by atoms with Gasteiger partial charge in [-0.25, -0.2) is 4.99 Å². The van der Waals surface area contributed by atoms with E-state index in [1.807, 2.05) is 18.2 Å². The molecule has 0 aliphatic carbocycles. The Bertz CT molecular complexity index is 419. The van der Waals surface area contributed by atoms with Crippen molar-refractivity contribution < 1.29 is 0 Å². The number of hydrogen-bond donors (Lipinski definition) is 6. The molecule has 0 atom stereocenters. The van der Waals surface area contributed by atoms with Crippen molar-refractivity contribution in [2.24, 2.45) is 16.5 Å². The van der Waals surface area contributed by atoms with Gasteiger partial charge in [0.2, 0.25) is 0 Å². The van der Waals surface area contributed by atoms with Crippen LogP contribution in [0.2, 0.25) is 0 Å². The van der Waals surface area contributed by atoms with Gasteiger partial charge >= 0.3 is 0 Å². The molecule has 0 fully saturated rings. The summed E-state index contributed by atoms with van der Waals surface area (Å²) in [5, 5.41) is 6.59. The van der Waals surface area contributed by atoms with Gasteiger partial charge in [-0.05, 0) is 17.7 Å². The van der Waals surface area contributed by atoms with Crippen LogP contribution in [0.1, 0.15) is 5.56 Å². The fraction of sp³-hybridized carbons (Fsp3) is 0.417. The average molecular weight is 299 g/mol. The maximum absolute atomic E-state index is 5.32. The minimum Gasteiger partial charge on any atom is -0.383 e. The molecule has 0 saturated carbocycles. The number of nitrogens with one attached hydrogen (secondary N) is 2. The van der Waals surface area contributed by atoms with Crippen LogP contribution in [-0.2, 0) is 6.54 Å². The topological polar surface area (TPSA) is 88.5 Å². The number of aliphatic imine (C=N–C) groups is 1. The number of rotatable bonds is 8. The lowest BCUT2D eigenvalue weighted by Crippen LogP contribution is -2.24. The SMILES string of the molecule is NC(N)=NCc1ccc(S)c(NCCNCCS)c1. The zero-order valence-electron chi connectivity index (χ0n) is 10.8. The molecule has 0 heterocycles. The molecule has 1 rings (SSSR count). The van der Waals surface area contributed by atoms with Gasteiger partial charge in [0, 0.05) is 36.0 Å². The molecule has 7 heteroatoms. The molecule has 19 heavy (non-hydrogen) atoms. The highest BCUT2D eigenvalue weighted by Gasteiger charge is 2.00. The van der Waals surface area contributed by atoms with Crippen molar-refractivity contribution in [1.29, 1.82) is 0 Å². The van der Waals surface area contributed by atoms with Crippen molar-refractivity contribution in [1.82, 2.24) is 5.32 Å². The van der Waals surface area contributed by atoms with Crippen LogP contribution in [0.15, 0.2) is 28.1 Å². The fourth-order valence-electron chi connectivity index (χ4n) is 1.50. The van der Waals surface area contributed by atoms with E-state index < -0.39 is 0 Å². The van der Waals surface area contributed by atoms with E-state index in [1.165, 1.54) is 0 Å². The van der Waals surface area contributed by atoms with Crippen LogP contribution in [0.3, 0.4) is 0 Å². The number of thiol groups is 2. The zero-order chi connectivity index (χ0) is 14.1. The summed E-state index contributed by atoms with van der Waals surface area (Å²) in [7, 11) is 0. The van der Waals surface area contributed by atoms with Crippen molar-refractivity contribution in [2.45, 2.75) is 11.4 Å². The molecule has 0 bridgehead atoms. The number of nitrogens with two attached hydrogens (primary N) is 2. The van der Waals surface area contributed by atoms with E-state index in [-0.39, 0.29) is 5.96 Å². The van der Waals surface area contributed by atoms with Gasteiger partial charge in [0.15, 0.2) is 5.96 Å². The Morgan fingerprint density at radius 2 is 2.00 bits per heavy atom. The van der Waals surface area contributed by atoms with Gasteiger partial charge in [0.1, 0.15) is 0 Å². The van der Waals surface area contributed by atoms with Gasteiger partial charge in [0.25, 0.3) is 0 Å². The largest absolute Gasteiger partial charge is 0.383 e. The highest BCUT2D eigenvalue weighted by molar-refractivity contribution is 7.80. The second kappa shape index (κ2) is 8.95. The molecule has 0 saturated heterocycles. The summed E-state index contributed by atoms with van der Waals surface area (Å²) in [4.78, 5) is 4.89. The molecule has 0 unspecified atom stereocenters. The first kappa shape index (κ1) is 16.0. The third-order valence-corrected chi connectivity index (χ3v) is 3.02. The Hall–Kier alpha value is -1.05. The first-order chi connectivity index (χ1) is 9.13. The zero-order valence-corrected chi connectivity index (χ0v) is 12.6. The van der Waals surface area contributed by atoms with Crippen LogP contribution >= 0.6 is 25.3 Å². The molecule has 0 amide bonds. The number of guanidine groups is 1. The Morgan fingerprint density at radius 3 is 2.68 bits per heavy atom. The van der Waals surface area contributed by atoms with Crippen molar-refractivity contribution >= 4 is 36.9 Å². The van der Waals surface area contributed by atoms with Gasteiger partial charge in [-0.1, -0.05) is 6.07 Å². The van der Waals surface area contributed by atoms with Crippen molar-refractivity contribution in [2.75, 3.05) is 30.7 Å². The molecule has 106 valence electrons. The van der Waals surface area contributed by atoms with Crippen LogP contribution in [-0.4, -0.2) is 31.3 Å². The van der Waals surface area contributed by atoms with E-state index in [4.69, 9.17) is 11.5 Å². The van der Waals surface area contributed by atoms with Gasteiger partial charge in [-0.15, -0.1) is 12.6 Å². The summed E-state index contributed by atoms with van der Waals surface area (Å²) in [5.74, 6) is 0.937.